The molecular formula is C22H28BrN3O4. The number of nitrogens with one attached hydrogen (secondary N) is 2. The number of amides is 1. The van der Waals surface area contributed by atoms with Crippen molar-refractivity contribution in [1.82, 2.24) is 10.3 Å². The predicted molar refractivity (Wildman–Crippen MR) is 119 cm³/mol. The predicted octanol–water partition coefficient (Wildman–Crippen LogP) is 3.45. The number of carbonyl (C=O) groups excluding carboxylic acids is 2. The second-order valence-corrected chi connectivity index (χ2v) is 8.46. The SMILES string of the molecule is COCCOC(=O)c1c(C)[nH]c(C(=O)NCC2CCN(c3cccc(Br)c3)C2)c1C. The van der Waals surface area contributed by atoms with Crippen molar-refractivity contribution in [3.63, 3.8) is 0 Å². The molecule has 1 aliphatic heterocycles. The standard InChI is InChI=1S/C22H28BrN3O4/c1-14-19(22(28)30-10-9-29-3)15(2)25-20(14)21(27)24-12-16-7-8-26(13-16)18-6-4-5-17(23)11-18/h4-6,11,16,25H,7-10,12-13H2,1-3H3,(H,24,27). The summed E-state index contributed by atoms with van der Waals surface area (Å²) < 4.78 is 11.2. The van der Waals surface area contributed by atoms with Crippen LogP contribution in [0.2, 0.25) is 0 Å². The topological polar surface area (TPSA) is 83.7 Å². The van der Waals surface area contributed by atoms with Crippen LogP contribution < -0.4 is 10.2 Å². The summed E-state index contributed by atoms with van der Waals surface area (Å²) in [6.07, 6.45) is 1.02. The van der Waals surface area contributed by atoms with Gasteiger partial charge in [0, 0.05) is 42.6 Å². The van der Waals surface area contributed by atoms with Crippen LogP contribution in [-0.4, -0.2) is 56.8 Å². The molecule has 1 aliphatic rings. The maximum Gasteiger partial charge on any atom is 0.340 e. The number of aryl methyl sites for hydroxylation is 1. The van der Waals surface area contributed by atoms with Gasteiger partial charge in [0.1, 0.15) is 12.3 Å². The number of nitrogens with zero attached hydrogens (tertiary/aromatic N) is 1. The second kappa shape index (κ2) is 10.1. The van der Waals surface area contributed by atoms with Crippen molar-refractivity contribution in [2.24, 2.45) is 5.92 Å². The largest absolute Gasteiger partial charge is 0.460 e. The van der Waals surface area contributed by atoms with E-state index in [0.29, 0.717) is 41.6 Å². The van der Waals surface area contributed by atoms with Crippen LogP contribution in [0.25, 0.3) is 0 Å². The molecule has 1 amide bonds. The summed E-state index contributed by atoms with van der Waals surface area (Å²) in [5.41, 5.74) is 3.24. The van der Waals surface area contributed by atoms with Crippen LogP contribution in [0.15, 0.2) is 28.7 Å². The first-order valence-corrected chi connectivity index (χ1v) is 10.8. The summed E-state index contributed by atoms with van der Waals surface area (Å²) in [5, 5.41) is 3.02. The number of halogens is 1. The summed E-state index contributed by atoms with van der Waals surface area (Å²) in [4.78, 5) is 30.4. The molecular weight excluding hydrogens is 450 g/mol. The number of esters is 1. The molecule has 1 atom stereocenters. The molecule has 162 valence electrons. The zero-order valence-corrected chi connectivity index (χ0v) is 19.2. The third-order valence-corrected chi connectivity index (χ3v) is 5.89. The molecule has 1 aromatic heterocycles. The third-order valence-electron chi connectivity index (χ3n) is 5.40. The van der Waals surface area contributed by atoms with Crippen LogP contribution in [0.3, 0.4) is 0 Å². The summed E-state index contributed by atoms with van der Waals surface area (Å²) >= 11 is 3.52. The van der Waals surface area contributed by atoms with Crippen LogP contribution >= 0.6 is 15.9 Å². The monoisotopic (exact) mass is 477 g/mol. The Morgan fingerprint density at radius 2 is 2.10 bits per heavy atom. The number of carbonyl (C=O) groups is 2. The van der Waals surface area contributed by atoms with Gasteiger partial charge in [0.2, 0.25) is 0 Å². The molecule has 2 N–H and O–H groups in total. The number of aromatic nitrogens is 1. The molecule has 1 fully saturated rings. The van der Waals surface area contributed by atoms with Crippen molar-refractivity contribution in [3.8, 4) is 0 Å². The lowest BCUT2D eigenvalue weighted by atomic mass is 10.1. The molecule has 0 aliphatic carbocycles. The minimum absolute atomic E-state index is 0.178. The molecule has 30 heavy (non-hydrogen) atoms. The fourth-order valence-corrected chi connectivity index (χ4v) is 4.19. The van der Waals surface area contributed by atoms with Gasteiger partial charge in [-0.1, -0.05) is 22.0 Å². The fraction of sp³-hybridized carbons (Fsp3) is 0.455. The Bertz CT molecular complexity index is 912. The van der Waals surface area contributed by atoms with Gasteiger partial charge in [-0.2, -0.15) is 0 Å². The van der Waals surface area contributed by atoms with Gasteiger partial charge < -0.3 is 24.7 Å². The molecule has 0 radical (unpaired) electrons. The molecule has 0 saturated carbocycles. The molecule has 2 heterocycles. The highest BCUT2D eigenvalue weighted by Gasteiger charge is 2.26. The van der Waals surface area contributed by atoms with Crippen LogP contribution in [0, 0.1) is 19.8 Å². The number of H-pyrrole nitrogens is 1. The van der Waals surface area contributed by atoms with Crippen LogP contribution in [0.5, 0.6) is 0 Å². The average Bonchev–Trinajstić information content (AvgIpc) is 3.30. The first-order chi connectivity index (χ1) is 14.4. The first-order valence-electron chi connectivity index (χ1n) is 10.0. The maximum atomic E-state index is 12.7. The Labute approximate surface area is 185 Å². The number of methoxy groups -OCH3 is 1. The minimum atomic E-state index is -0.446. The highest BCUT2D eigenvalue weighted by Crippen LogP contribution is 2.26. The Kier molecular flexibility index (Phi) is 7.55. The second-order valence-electron chi connectivity index (χ2n) is 7.54. The van der Waals surface area contributed by atoms with E-state index in [1.165, 1.54) is 5.69 Å². The van der Waals surface area contributed by atoms with Crippen molar-refractivity contribution >= 4 is 33.5 Å². The van der Waals surface area contributed by atoms with Gasteiger partial charge in [0.05, 0.1) is 12.2 Å². The van der Waals surface area contributed by atoms with Crippen LogP contribution in [0.1, 0.15) is 38.5 Å². The zero-order valence-electron chi connectivity index (χ0n) is 17.6. The Morgan fingerprint density at radius 1 is 1.30 bits per heavy atom. The Morgan fingerprint density at radius 3 is 2.83 bits per heavy atom. The van der Waals surface area contributed by atoms with Crippen molar-refractivity contribution in [1.29, 1.82) is 0 Å². The van der Waals surface area contributed by atoms with E-state index in [4.69, 9.17) is 9.47 Å². The molecule has 1 saturated heterocycles. The number of anilines is 1. The summed E-state index contributed by atoms with van der Waals surface area (Å²) in [6.45, 7) is 6.50. The number of hydrogen-bond donors (Lipinski definition) is 2. The van der Waals surface area contributed by atoms with E-state index in [1.54, 1.807) is 21.0 Å². The molecule has 2 aromatic rings. The van der Waals surface area contributed by atoms with Crippen molar-refractivity contribution < 1.29 is 19.1 Å². The highest BCUT2D eigenvalue weighted by atomic mass is 79.9. The molecule has 7 nitrogen and oxygen atoms in total. The number of hydrogen-bond acceptors (Lipinski definition) is 5. The Balaban J connectivity index is 1.56. The van der Waals surface area contributed by atoms with Gasteiger partial charge >= 0.3 is 5.97 Å². The van der Waals surface area contributed by atoms with Crippen LogP contribution in [-0.2, 0) is 9.47 Å². The molecule has 3 rings (SSSR count). The maximum absolute atomic E-state index is 12.7. The first kappa shape index (κ1) is 22.4. The number of benzene rings is 1. The van der Waals surface area contributed by atoms with Crippen LogP contribution in [0.4, 0.5) is 5.69 Å². The van der Waals surface area contributed by atoms with E-state index >= 15 is 0 Å². The summed E-state index contributed by atoms with van der Waals surface area (Å²) in [7, 11) is 1.55. The van der Waals surface area contributed by atoms with Crippen molar-refractivity contribution in [2.45, 2.75) is 20.3 Å². The van der Waals surface area contributed by atoms with Gasteiger partial charge in [-0.25, -0.2) is 4.79 Å². The normalized spacial score (nSPS) is 16.0. The Hall–Kier alpha value is -2.32. The van der Waals surface area contributed by atoms with E-state index in [0.717, 1.165) is 24.0 Å². The smallest absolute Gasteiger partial charge is 0.340 e. The number of ether oxygens (including phenoxy) is 2. The lowest BCUT2D eigenvalue weighted by molar-refractivity contribution is 0.0387. The third kappa shape index (κ3) is 5.23. The molecule has 1 unspecified atom stereocenters. The van der Waals surface area contributed by atoms with Crippen molar-refractivity contribution in [2.75, 3.05) is 44.9 Å². The molecule has 0 bridgehead atoms. The van der Waals surface area contributed by atoms with E-state index in [2.05, 4.69) is 43.3 Å². The van der Waals surface area contributed by atoms with E-state index in [1.807, 2.05) is 12.1 Å². The lowest BCUT2D eigenvalue weighted by Crippen LogP contribution is -2.31. The van der Waals surface area contributed by atoms with E-state index < -0.39 is 5.97 Å². The molecule has 0 spiro atoms. The van der Waals surface area contributed by atoms with Gasteiger partial charge in [0.25, 0.3) is 5.91 Å². The number of rotatable bonds is 8. The van der Waals surface area contributed by atoms with Crippen molar-refractivity contribution in [3.05, 3.63) is 51.3 Å². The highest BCUT2D eigenvalue weighted by molar-refractivity contribution is 9.10. The van der Waals surface area contributed by atoms with Gasteiger partial charge in [-0.15, -0.1) is 0 Å². The average molecular weight is 478 g/mol. The van der Waals surface area contributed by atoms with E-state index in [9.17, 15) is 9.59 Å². The fourth-order valence-electron chi connectivity index (χ4n) is 3.81. The zero-order chi connectivity index (χ0) is 21.7. The van der Waals surface area contributed by atoms with Gasteiger partial charge in [0.15, 0.2) is 0 Å². The summed E-state index contributed by atoms with van der Waals surface area (Å²) in [6, 6.07) is 8.26. The van der Waals surface area contributed by atoms with Gasteiger partial charge in [-0.3, -0.25) is 4.79 Å². The number of aromatic amines is 1. The van der Waals surface area contributed by atoms with Gasteiger partial charge in [-0.05, 0) is 49.9 Å². The molecule has 8 heteroatoms. The quantitative estimate of drug-likeness (QED) is 0.449. The minimum Gasteiger partial charge on any atom is -0.460 e. The molecule has 1 aromatic carbocycles. The summed E-state index contributed by atoms with van der Waals surface area (Å²) in [5.74, 6) is -0.270. The lowest BCUT2D eigenvalue weighted by Gasteiger charge is -2.19. The van der Waals surface area contributed by atoms with E-state index in [-0.39, 0.29) is 12.5 Å².